The van der Waals surface area contributed by atoms with Crippen LogP contribution in [0.1, 0.15) is 30.9 Å². The number of methoxy groups -OCH3 is 1. The Morgan fingerprint density at radius 3 is 2.39 bits per heavy atom. The van der Waals surface area contributed by atoms with Gasteiger partial charge in [0.2, 0.25) is 5.91 Å². The van der Waals surface area contributed by atoms with Crippen LogP contribution < -0.4 is 10.1 Å². The van der Waals surface area contributed by atoms with E-state index in [1.807, 2.05) is 36.4 Å². The number of unbranched alkanes of at least 4 members (excludes halogenated alkanes) is 1. The molecule has 3 heteroatoms. The zero-order chi connectivity index (χ0) is 16.5. The maximum atomic E-state index is 11.9. The van der Waals surface area contributed by atoms with Crippen LogP contribution in [0, 0.1) is 0 Å². The maximum absolute atomic E-state index is 11.9. The zero-order valence-corrected chi connectivity index (χ0v) is 13.7. The Balaban J connectivity index is 1.89. The van der Waals surface area contributed by atoms with Gasteiger partial charge in [-0.05, 0) is 54.3 Å². The van der Waals surface area contributed by atoms with Gasteiger partial charge in [0.25, 0.3) is 0 Å². The summed E-state index contributed by atoms with van der Waals surface area (Å²) in [6.45, 7) is 2.18. The van der Waals surface area contributed by atoms with Crippen molar-refractivity contribution in [1.29, 1.82) is 0 Å². The number of carbonyl (C=O) groups excluding carboxylic acids is 1. The first-order chi connectivity index (χ1) is 11.2. The second-order valence-corrected chi connectivity index (χ2v) is 5.40. The molecule has 0 aromatic heterocycles. The molecule has 0 fully saturated rings. The summed E-state index contributed by atoms with van der Waals surface area (Å²) < 4.78 is 5.10. The number of aryl methyl sites for hydroxylation is 1. The van der Waals surface area contributed by atoms with Crippen molar-refractivity contribution in [3.05, 3.63) is 65.7 Å². The standard InChI is InChI=1S/C20H23NO2/c1-3-4-5-16-6-11-18(12-7-16)21-20(22)15-10-17-8-13-19(23-2)14-9-17/h6-15H,3-5H2,1-2H3,(H,21,22)/b15-10+. The number of rotatable bonds is 7. The summed E-state index contributed by atoms with van der Waals surface area (Å²) in [5.41, 5.74) is 3.07. The zero-order valence-electron chi connectivity index (χ0n) is 13.7. The summed E-state index contributed by atoms with van der Waals surface area (Å²) in [5.74, 6) is 0.664. The summed E-state index contributed by atoms with van der Waals surface area (Å²) in [6.07, 6.45) is 6.78. The Labute approximate surface area is 138 Å². The molecule has 0 saturated carbocycles. The van der Waals surface area contributed by atoms with Crippen LogP contribution >= 0.6 is 0 Å². The highest BCUT2D eigenvalue weighted by molar-refractivity contribution is 6.01. The second kappa shape index (κ2) is 8.79. The van der Waals surface area contributed by atoms with Gasteiger partial charge >= 0.3 is 0 Å². The van der Waals surface area contributed by atoms with E-state index in [0.29, 0.717) is 0 Å². The molecule has 0 bridgehead atoms. The molecule has 23 heavy (non-hydrogen) atoms. The first kappa shape index (κ1) is 16.8. The summed E-state index contributed by atoms with van der Waals surface area (Å²) >= 11 is 0. The van der Waals surface area contributed by atoms with Crippen molar-refractivity contribution in [1.82, 2.24) is 0 Å². The van der Waals surface area contributed by atoms with Crippen molar-refractivity contribution in [2.75, 3.05) is 12.4 Å². The van der Waals surface area contributed by atoms with Crippen LogP contribution in [0.5, 0.6) is 5.75 Å². The summed E-state index contributed by atoms with van der Waals surface area (Å²) in [4.78, 5) is 11.9. The van der Waals surface area contributed by atoms with Crippen molar-refractivity contribution in [3.8, 4) is 5.75 Å². The minimum Gasteiger partial charge on any atom is -0.497 e. The highest BCUT2D eigenvalue weighted by Crippen LogP contribution is 2.14. The number of ether oxygens (including phenoxy) is 1. The molecule has 2 aromatic rings. The average molecular weight is 309 g/mol. The lowest BCUT2D eigenvalue weighted by Crippen LogP contribution is -2.07. The fourth-order valence-corrected chi connectivity index (χ4v) is 2.21. The molecule has 2 rings (SSSR count). The predicted octanol–water partition coefficient (Wildman–Crippen LogP) is 4.69. The maximum Gasteiger partial charge on any atom is 0.248 e. The molecule has 1 N–H and O–H groups in total. The Bertz CT molecular complexity index is 642. The van der Waals surface area contributed by atoms with Crippen molar-refractivity contribution in [2.45, 2.75) is 26.2 Å². The summed E-state index contributed by atoms with van der Waals surface area (Å²) in [5, 5.41) is 2.87. The highest BCUT2D eigenvalue weighted by Gasteiger charge is 1.99. The monoisotopic (exact) mass is 309 g/mol. The van der Waals surface area contributed by atoms with E-state index < -0.39 is 0 Å². The van der Waals surface area contributed by atoms with Gasteiger partial charge in [0.05, 0.1) is 7.11 Å². The molecule has 1 amide bonds. The van der Waals surface area contributed by atoms with Crippen LogP contribution in [0.15, 0.2) is 54.6 Å². The van der Waals surface area contributed by atoms with Crippen LogP contribution in [-0.4, -0.2) is 13.0 Å². The lowest BCUT2D eigenvalue weighted by atomic mass is 10.1. The van der Waals surface area contributed by atoms with Gasteiger partial charge in [-0.15, -0.1) is 0 Å². The van der Waals surface area contributed by atoms with Gasteiger partial charge in [-0.25, -0.2) is 0 Å². The van der Waals surface area contributed by atoms with Crippen LogP contribution in [-0.2, 0) is 11.2 Å². The summed E-state index contributed by atoms with van der Waals surface area (Å²) in [6, 6.07) is 15.6. The van der Waals surface area contributed by atoms with Gasteiger partial charge in [-0.2, -0.15) is 0 Å². The van der Waals surface area contributed by atoms with E-state index in [1.54, 1.807) is 13.2 Å². The molecule has 0 radical (unpaired) electrons. The third kappa shape index (κ3) is 5.62. The van der Waals surface area contributed by atoms with Crippen molar-refractivity contribution in [3.63, 3.8) is 0 Å². The quantitative estimate of drug-likeness (QED) is 0.754. The largest absolute Gasteiger partial charge is 0.497 e. The third-order valence-electron chi connectivity index (χ3n) is 3.58. The number of benzene rings is 2. The highest BCUT2D eigenvalue weighted by atomic mass is 16.5. The van der Waals surface area contributed by atoms with Crippen molar-refractivity contribution >= 4 is 17.7 Å². The van der Waals surface area contributed by atoms with Gasteiger partial charge < -0.3 is 10.1 Å². The molecule has 3 nitrogen and oxygen atoms in total. The number of hydrogen-bond donors (Lipinski definition) is 1. The SMILES string of the molecule is CCCCc1ccc(NC(=O)/C=C/c2ccc(OC)cc2)cc1. The van der Waals surface area contributed by atoms with E-state index in [2.05, 4.69) is 24.4 Å². The first-order valence-electron chi connectivity index (χ1n) is 7.93. The Kier molecular flexibility index (Phi) is 6.42. The number of carbonyl (C=O) groups is 1. The molecule has 0 spiro atoms. The van der Waals surface area contributed by atoms with Crippen LogP contribution in [0.4, 0.5) is 5.69 Å². The van der Waals surface area contributed by atoms with E-state index in [-0.39, 0.29) is 5.91 Å². The Morgan fingerprint density at radius 1 is 1.09 bits per heavy atom. The van der Waals surface area contributed by atoms with E-state index in [4.69, 9.17) is 4.74 Å². The van der Waals surface area contributed by atoms with Crippen molar-refractivity contribution in [2.24, 2.45) is 0 Å². The topological polar surface area (TPSA) is 38.3 Å². The number of nitrogens with one attached hydrogen (secondary N) is 1. The predicted molar refractivity (Wildman–Crippen MR) is 95.7 cm³/mol. The lowest BCUT2D eigenvalue weighted by Gasteiger charge is -2.04. The molecule has 120 valence electrons. The number of amides is 1. The lowest BCUT2D eigenvalue weighted by molar-refractivity contribution is -0.111. The Hall–Kier alpha value is -2.55. The summed E-state index contributed by atoms with van der Waals surface area (Å²) in [7, 11) is 1.63. The van der Waals surface area contributed by atoms with Crippen LogP contribution in [0.2, 0.25) is 0 Å². The Morgan fingerprint density at radius 2 is 1.78 bits per heavy atom. The fourth-order valence-electron chi connectivity index (χ4n) is 2.21. The molecule has 0 aliphatic carbocycles. The molecule has 0 aliphatic heterocycles. The molecular formula is C20H23NO2. The van der Waals surface area contributed by atoms with Gasteiger partial charge in [0.15, 0.2) is 0 Å². The molecular weight excluding hydrogens is 286 g/mol. The van der Waals surface area contributed by atoms with Gasteiger partial charge in [0, 0.05) is 11.8 Å². The number of anilines is 1. The molecule has 0 saturated heterocycles. The fraction of sp³-hybridized carbons (Fsp3) is 0.250. The van der Waals surface area contributed by atoms with Gasteiger partial charge in [0.1, 0.15) is 5.75 Å². The molecule has 0 heterocycles. The van der Waals surface area contributed by atoms with E-state index in [9.17, 15) is 4.79 Å². The molecule has 0 atom stereocenters. The molecule has 0 unspecified atom stereocenters. The van der Waals surface area contributed by atoms with Crippen molar-refractivity contribution < 1.29 is 9.53 Å². The smallest absolute Gasteiger partial charge is 0.248 e. The third-order valence-corrected chi connectivity index (χ3v) is 3.58. The average Bonchev–Trinajstić information content (AvgIpc) is 2.60. The van der Waals surface area contributed by atoms with Crippen LogP contribution in [0.25, 0.3) is 6.08 Å². The van der Waals surface area contributed by atoms with Gasteiger partial charge in [-0.3, -0.25) is 4.79 Å². The molecule has 2 aromatic carbocycles. The minimum atomic E-state index is -0.137. The number of hydrogen-bond acceptors (Lipinski definition) is 2. The van der Waals surface area contributed by atoms with E-state index >= 15 is 0 Å². The second-order valence-electron chi connectivity index (χ2n) is 5.40. The van der Waals surface area contributed by atoms with E-state index in [0.717, 1.165) is 23.4 Å². The van der Waals surface area contributed by atoms with E-state index in [1.165, 1.54) is 24.5 Å². The van der Waals surface area contributed by atoms with Crippen LogP contribution in [0.3, 0.4) is 0 Å². The normalized spacial score (nSPS) is 10.7. The minimum absolute atomic E-state index is 0.137. The molecule has 0 aliphatic rings. The first-order valence-corrected chi connectivity index (χ1v) is 7.93. The van der Waals surface area contributed by atoms with Gasteiger partial charge in [-0.1, -0.05) is 37.6 Å².